The van der Waals surface area contributed by atoms with Gasteiger partial charge in [0.1, 0.15) is 22.8 Å². The molecule has 4 rings (SSSR count). The number of benzene rings is 1. The zero-order valence-electron chi connectivity index (χ0n) is 13.5. The molecule has 0 N–H and O–H groups in total. The highest BCUT2D eigenvalue weighted by atomic mass is 79.9. The van der Waals surface area contributed by atoms with E-state index in [1.54, 1.807) is 6.07 Å². The van der Waals surface area contributed by atoms with Gasteiger partial charge < -0.3 is 9.42 Å². The summed E-state index contributed by atoms with van der Waals surface area (Å²) in [4.78, 5) is 15.4. The van der Waals surface area contributed by atoms with Crippen LogP contribution in [-0.2, 0) is 0 Å². The van der Waals surface area contributed by atoms with Crippen LogP contribution in [-0.4, -0.2) is 26.7 Å². The van der Waals surface area contributed by atoms with Crippen LogP contribution in [0.25, 0.3) is 11.4 Å². The van der Waals surface area contributed by atoms with Crippen molar-refractivity contribution in [1.82, 2.24) is 20.1 Å². The lowest BCUT2D eigenvalue weighted by atomic mass is 10.2. The number of halogens is 2. The van der Waals surface area contributed by atoms with Gasteiger partial charge in [-0.1, -0.05) is 44.8 Å². The molecule has 1 fully saturated rings. The van der Waals surface area contributed by atoms with Crippen molar-refractivity contribution in [3.8, 4) is 11.4 Å². The molecule has 1 saturated heterocycles. The fourth-order valence-electron chi connectivity index (χ4n) is 3.08. The number of hydrogen-bond donors (Lipinski definition) is 0. The molecule has 128 valence electrons. The third kappa shape index (κ3) is 3.26. The van der Waals surface area contributed by atoms with Gasteiger partial charge >= 0.3 is 0 Å². The Morgan fingerprint density at radius 2 is 2.08 bits per heavy atom. The molecule has 1 unspecified atom stereocenters. The molecule has 0 radical (unpaired) electrons. The summed E-state index contributed by atoms with van der Waals surface area (Å²) in [7, 11) is 0. The number of anilines is 1. The van der Waals surface area contributed by atoms with E-state index in [1.807, 2.05) is 31.2 Å². The summed E-state index contributed by atoms with van der Waals surface area (Å²) >= 11 is 9.62. The summed E-state index contributed by atoms with van der Waals surface area (Å²) in [5.74, 6) is 2.61. The lowest BCUT2D eigenvalue weighted by Gasteiger charge is -2.23. The van der Waals surface area contributed by atoms with E-state index in [0.717, 1.165) is 35.2 Å². The summed E-state index contributed by atoms with van der Waals surface area (Å²) in [6.45, 7) is 2.70. The first-order chi connectivity index (χ1) is 12.1. The lowest BCUT2D eigenvalue weighted by molar-refractivity contribution is 0.354. The molecular formula is C17H15BrClN5O. The van der Waals surface area contributed by atoms with Crippen LogP contribution in [0.4, 0.5) is 5.82 Å². The second-order valence-corrected chi connectivity index (χ2v) is 7.13. The van der Waals surface area contributed by atoms with Gasteiger partial charge in [-0.3, -0.25) is 0 Å². The van der Waals surface area contributed by atoms with E-state index in [1.165, 1.54) is 0 Å². The minimum Gasteiger partial charge on any atom is -0.344 e. The molecule has 0 aliphatic carbocycles. The van der Waals surface area contributed by atoms with Gasteiger partial charge in [0.25, 0.3) is 0 Å². The Balaban J connectivity index is 1.66. The van der Waals surface area contributed by atoms with Crippen molar-refractivity contribution in [2.24, 2.45) is 0 Å². The van der Waals surface area contributed by atoms with Gasteiger partial charge in [0.2, 0.25) is 11.7 Å². The summed E-state index contributed by atoms with van der Waals surface area (Å²) in [5, 5.41) is 4.59. The highest BCUT2D eigenvalue weighted by Gasteiger charge is 2.32. The maximum Gasteiger partial charge on any atom is 0.249 e. The summed E-state index contributed by atoms with van der Waals surface area (Å²) in [6, 6.07) is 9.59. The maximum absolute atomic E-state index is 6.09. The summed E-state index contributed by atoms with van der Waals surface area (Å²) < 4.78 is 6.50. The highest BCUT2D eigenvalue weighted by Crippen LogP contribution is 2.36. The van der Waals surface area contributed by atoms with Gasteiger partial charge in [-0.2, -0.15) is 4.98 Å². The average molecular weight is 421 g/mol. The van der Waals surface area contributed by atoms with Crippen molar-refractivity contribution in [2.45, 2.75) is 25.8 Å². The Labute approximate surface area is 158 Å². The van der Waals surface area contributed by atoms with Gasteiger partial charge in [0.05, 0.1) is 0 Å². The van der Waals surface area contributed by atoms with Crippen LogP contribution in [0, 0.1) is 6.92 Å². The Bertz CT molecular complexity index is 895. The fraction of sp³-hybridized carbons (Fsp3) is 0.294. The van der Waals surface area contributed by atoms with Crippen molar-refractivity contribution in [3.05, 3.63) is 51.7 Å². The Morgan fingerprint density at radius 1 is 1.24 bits per heavy atom. The second kappa shape index (κ2) is 6.72. The monoisotopic (exact) mass is 419 g/mol. The van der Waals surface area contributed by atoms with Crippen LogP contribution in [0.1, 0.15) is 30.6 Å². The van der Waals surface area contributed by atoms with E-state index >= 15 is 0 Å². The van der Waals surface area contributed by atoms with Gasteiger partial charge in [0.15, 0.2) is 0 Å². The molecule has 3 heterocycles. The molecule has 1 aliphatic heterocycles. The second-order valence-electron chi connectivity index (χ2n) is 5.88. The maximum atomic E-state index is 6.09. The Morgan fingerprint density at radius 3 is 2.88 bits per heavy atom. The summed E-state index contributed by atoms with van der Waals surface area (Å²) in [6.07, 6.45) is 1.95. The molecule has 6 nitrogen and oxygen atoms in total. The van der Waals surface area contributed by atoms with E-state index < -0.39 is 0 Å². The first kappa shape index (κ1) is 16.5. The number of aromatic nitrogens is 4. The minimum absolute atomic E-state index is 0.00546. The van der Waals surface area contributed by atoms with Gasteiger partial charge in [0, 0.05) is 22.6 Å². The topological polar surface area (TPSA) is 67.9 Å². The van der Waals surface area contributed by atoms with Crippen molar-refractivity contribution in [1.29, 1.82) is 0 Å². The van der Waals surface area contributed by atoms with E-state index in [0.29, 0.717) is 22.7 Å². The smallest absolute Gasteiger partial charge is 0.249 e. The predicted molar refractivity (Wildman–Crippen MR) is 98.5 cm³/mol. The zero-order chi connectivity index (χ0) is 17.4. The first-order valence-electron chi connectivity index (χ1n) is 7.98. The molecule has 0 spiro atoms. The predicted octanol–water partition coefficient (Wildman–Crippen LogP) is 4.59. The van der Waals surface area contributed by atoms with Crippen LogP contribution in [0.2, 0.25) is 5.15 Å². The standard InChI is InChI=1S/C17H15BrClN5O/c1-10-20-14(19)9-15(21-10)24-8-4-7-13(24)17-22-16(23-25-17)11-5-2-3-6-12(11)18/h2-3,5-6,9,13H,4,7-8H2,1H3. The summed E-state index contributed by atoms with van der Waals surface area (Å²) in [5.41, 5.74) is 0.906. The quantitative estimate of drug-likeness (QED) is 0.577. The highest BCUT2D eigenvalue weighted by molar-refractivity contribution is 9.10. The van der Waals surface area contributed by atoms with Crippen molar-refractivity contribution < 1.29 is 4.52 Å². The number of hydrogen-bond acceptors (Lipinski definition) is 6. The number of rotatable bonds is 3. The average Bonchev–Trinajstić information content (AvgIpc) is 3.23. The molecule has 1 atom stereocenters. The van der Waals surface area contributed by atoms with E-state index in [-0.39, 0.29) is 6.04 Å². The van der Waals surface area contributed by atoms with Crippen LogP contribution >= 0.6 is 27.5 Å². The van der Waals surface area contributed by atoms with Crippen LogP contribution in [0.3, 0.4) is 0 Å². The normalized spacial score (nSPS) is 17.2. The van der Waals surface area contributed by atoms with E-state index in [2.05, 4.69) is 40.9 Å². The number of aryl methyl sites for hydroxylation is 1. The minimum atomic E-state index is -0.00546. The third-order valence-corrected chi connectivity index (χ3v) is 5.07. The fourth-order valence-corrected chi connectivity index (χ4v) is 3.77. The molecule has 2 aromatic heterocycles. The van der Waals surface area contributed by atoms with Gasteiger partial charge in [-0.05, 0) is 31.9 Å². The number of nitrogens with zero attached hydrogens (tertiary/aromatic N) is 5. The molecule has 0 saturated carbocycles. The molecule has 8 heteroatoms. The third-order valence-electron chi connectivity index (χ3n) is 4.18. The van der Waals surface area contributed by atoms with Crippen LogP contribution in [0.15, 0.2) is 39.3 Å². The van der Waals surface area contributed by atoms with Gasteiger partial charge in [-0.25, -0.2) is 9.97 Å². The van der Waals surface area contributed by atoms with Crippen molar-refractivity contribution in [2.75, 3.05) is 11.4 Å². The van der Waals surface area contributed by atoms with Crippen molar-refractivity contribution >= 4 is 33.3 Å². The lowest BCUT2D eigenvalue weighted by Crippen LogP contribution is -2.24. The zero-order valence-corrected chi connectivity index (χ0v) is 15.8. The SMILES string of the molecule is Cc1nc(Cl)cc(N2CCCC2c2nc(-c3ccccc3Br)no2)n1. The van der Waals surface area contributed by atoms with E-state index in [4.69, 9.17) is 16.1 Å². The molecule has 1 aromatic carbocycles. The van der Waals surface area contributed by atoms with Gasteiger partial charge in [-0.15, -0.1) is 0 Å². The molecule has 0 bridgehead atoms. The molecule has 1 aliphatic rings. The molecular weight excluding hydrogens is 406 g/mol. The molecule has 0 amide bonds. The van der Waals surface area contributed by atoms with Crippen molar-refractivity contribution in [3.63, 3.8) is 0 Å². The van der Waals surface area contributed by atoms with Crippen LogP contribution in [0.5, 0.6) is 0 Å². The molecule has 3 aromatic rings. The Hall–Kier alpha value is -1.99. The van der Waals surface area contributed by atoms with Crippen LogP contribution < -0.4 is 4.90 Å². The largest absolute Gasteiger partial charge is 0.344 e. The Kier molecular flexibility index (Phi) is 4.43. The van der Waals surface area contributed by atoms with E-state index in [9.17, 15) is 0 Å². The molecule has 25 heavy (non-hydrogen) atoms. The first-order valence-corrected chi connectivity index (χ1v) is 9.15.